The fourth-order valence-corrected chi connectivity index (χ4v) is 5.08. The van der Waals surface area contributed by atoms with Gasteiger partial charge in [-0.05, 0) is 62.1 Å². The van der Waals surface area contributed by atoms with Gasteiger partial charge in [0.2, 0.25) is 5.91 Å². The molecule has 170 valence electrons. The monoisotopic (exact) mass is 446 g/mol. The number of hydrogen-bond donors (Lipinski definition) is 2. The van der Waals surface area contributed by atoms with Crippen LogP contribution in [0.15, 0.2) is 48.5 Å². The standard InChI is InChI=1S/C25H26N4O4/c1-16(29-23(32)25(27-24(29)33)13-4-5-14-25)21(30)26-19-10-8-18(9-11-19)22(31)28-15-12-17-6-2-3-7-20(17)28/h2-3,6-11,16H,4-5,12-15H2,1H3,(H,26,30)(H,27,33). The minimum Gasteiger partial charge on any atom is -0.324 e. The molecule has 2 N–H and O–H groups in total. The van der Waals surface area contributed by atoms with Crippen LogP contribution < -0.4 is 15.5 Å². The summed E-state index contributed by atoms with van der Waals surface area (Å²) in [7, 11) is 0. The number of urea groups is 1. The van der Waals surface area contributed by atoms with Gasteiger partial charge in [-0.2, -0.15) is 0 Å². The molecule has 8 nitrogen and oxygen atoms in total. The first-order chi connectivity index (χ1) is 15.9. The van der Waals surface area contributed by atoms with Crippen molar-refractivity contribution in [1.29, 1.82) is 0 Å². The molecule has 33 heavy (non-hydrogen) atoms. The summed E-state index contributed by atoms with van der Waals surface area (Å²) in [5.74, 6) is -0.868. The molecule has 1 atom stereocenters. The molecule has 5 amide bonds. The van der Waals surface area contributed by atoms with Crippen molar-refractivity contribution in [3.8, 4) is 0 Å². The summed E-state index contributed by atoms with van der Waals surface area (Å²) < 4.78 is 0. The molecule has 2 heterocycles. The first-order valence-electron chi connectivity index (χ1n) is 11.4. The minimum atomic E-state index is -0.945. The molecule has 0 radical (unpaired) electrons. The van der Waals surface area contributed by atoms with Crippen LogP contribution in [0.3, 0.4) is 0 Å². The highest BCUT2D eigenvalue weighted by Crippen LogP contribution is 2.36. The van der Waals surface area contributed by atoms with E-state index >= 15 is 0 Å². The van der Waals surface area contributed by atoms with Crippen molar-refractivity contribution in [3.63, 3.8) is 0 Å². The van der Waals surface area contributed by atoms with E-state index in [0.717, 1.165) is 35.4 Å². The molecule has 8 heteroatoms. The number of anilines is 2. The maximum atomic E-state index is 13.0. The van der Waals surface area contributed by atoms with Gasteiger partial charge in [0.15, 0.2) is 0 Å². The number of para-hydroxylation sites is 1. The molecule has 2 aromatic rings. The molecule has 0 aromatic heterocycles. The van der Waals surface area contributed by atoms with E-state index in [-0.39, 0.29) is 11.8 Å². The molecule has 1 saturated carbocycles. The molecular formula is C25H26N4O4. The lowest BCUT2D eigenvalue weighted by atomic mass is 9.97. The zero-order chi connectivity index (χ0) is 23.2. The fraction of sp³-hybridized carbons (Fsp3) is 0.360. The van der Waals surface area contributed by atoms with Gasteiger partial charge in [-0.3, -0.25) is 14.4 Å². The second-order valence-corrected chi connectivity index (χ2v) is 8.97. The predicted molar refractivity (Wildman–Crippen MR) is 123 cm³/mol. The molecule has 3 aliphatic rings. The van der Waals surface area contributed by atoms with E-state index in [1.807, 2.05) is 24.3 Å². The smallest absolute Gasteiger partial charge is 0.324 e. The first-order valence-corrected chi connectivity index (χ1v) is 11.4. The number of amides is 5. The Morgan fingerprint density at radius 1 is 1.03 bits per heavy atom. The van der Waals surface area contributed by atoms with Crippen molar-refractivity contribution in [2.75, 3.05) is 16.8 Å². The van der Waals surface area contributed by atoms with Crippen molar-refractivity contribution >= 4 is 35.1 Å². The Hall–Kier alpha value is -3.68. The Morgan fingerprint density at radius 2 is 1.73 bits per heavy atom. The summed E-state index contributed by atoms with van der Waals surface area (Å²) in [5.41, 5.74) is 2.26. The van der Waals surface area contributed by atoms with E-state index in [0.29, 0.717) is 30.6 Å². The van der Waals surface area contributed by atoms with Crippen LogP contribution in [0.1, 0.15) is 48.5 Å². The molecule has 1 saturated heterocycles. The molecule has 1 spiro atoms. The van der Waals surface area contributed by atoms with Crippen LogP contribution in [0, 0.1) is 0 Å². The Labute approximate surface area is 191 Å². The van der Waals surface area contributed by atoms with Crippen molar-refractivity contribution < 1.29 is 19.2 Å². The predicted octanol–water partition coefficient (Wildman–Crippen LogP) is 3.08. The number of hydrogen-bond acceptors (Lipinski definition) is 4. The minimum absolute atomic E-state index is 0.0904. The fourth-order valence-electron chi connectivity index (χ4n) is 5.08. The third-order valence-corrected chi connectivity index (χ3v) is 6.95. The third kappa shape index (κ3) is 3.55. The average molecular weight is 447 g/mol. The van der Waals surface area contributed by atoms with Crippen molar-refractivity contribution in [2.24, 2.45) is 0 Å². The highest BCUT2D eigenvalue weighted by Gasteiger charge is 2.54. The topological polar surface area (TPSA) is 98.8 Å². The Morgan fingerprint density at radius 3 is 2.45 bits per heavy atom. The number of nitrogens with one attached hydrogen (secondary N) is 2. The van der Waals surface area contributed by atoms with Crippen LogP contribution >= 0.6 is 0 Å². The summed E-state index contributed by atoms with van der Waals surface area (Å²) in [6.45, 7) is 2.19. The lowest BCUT2D eigenvalue weighted by Crippen LogP contribution is -2.48. The highest BCUT2D eigenvalue weighted by molar-refractivity contribution is 6.11. The number of fused-ring (bicyclic) bond motifs is 1. The Bertz CT molecular complexity index is 1140. The van der Waals surface area contributed by atoms with Gasteiger partial charge >= 0.3 is 6.03 Å². The molecule has 2 aliphatic heterocycles. The van der Waals surface area contributed by atoms with E-state index in [1.54, 1.807) is 36.1 Å². The maximum Gasteiger partial charge on any atom is 0.325 e. The number of imide groups is 1. The summed E-state index contributed by atoms with van der Waals surface area (Å²) >= 11 is 0. The summed E-state index contributed by atoms with van der Waals surface area (Å²) in [5, 5.41) is 5.55. The van der Waals surface area contributed by atoms with Crippen LogP contribution in [-0.2, 0) is 16.0 Å². The maximum absolute atomic E-state index is 13.0. The number of carbonyl (C=O) groups is 4. The van der Waals surface area contributed by atoms with E-state index in [9.17, 15) is 19.2 Å². The van der Waals surface area contributed by atoms with Crippen LogP contribution in [0.25, 0.3) is 0 Å². The Kier molecular flexibility index (Phi) is 5.15. The number of nitrogens with zero attached hydrogens (tertiary/aromatic N) is 2. The summed E-state index contributed by atoms with van der Waals surface area (Å²) in [6, 6.07) is 13.1. The third-order valence-electron chi connectivity index (χ3n) is 6.95. The number of rotatable bonds is 4. The van der Waals surface area contributed by atoms with Crippen molar-refractivity contribution in [1.82, 2.24) is 10.2 Å². The van der Waals surface area contributed by atoms with E-state index in [2.05, 4.69) is 10.6 Å². The van der Waals surface area contributed by atoms with Gasteiger partial charge < -0.3 is 15.5 Å². The molecule has 1 unspecified atom stereocenters. The average Bonchev–Trinajstić information content (AvgIpc) is 3.52. The number of benzene rings is 2. The summed E-state index contributed by atoms with van der Waals surface area (Å²) in [6.07, 6.45) is 3.82. The lowest BCUT2D eigenvalue weighted by Gasteiger charge is -2.23. The van der Waals surface area contributed by atoms with Gasteiger partial charge in [-0.1, -0.05) is 31.0 Å². The lowest BCUT2D eigenvalue weighted by molar-refractivity contribution is -0.136. The van der Waals surface area contributed by atoms with E-state index < -0.39 is 23.5 Å². The second-order valence-electron chi connectivity index (χ2n) is 8.97. The normalized spacial score (nSPS) is 19.5. The second kappa shape index (κ2) is 8.03. The van der Waals surface area contributed by atoms with Gasteiger partial charge in [-0.15, -0.1) is 0 Å². The molecule has 1 aliphatic carbocycles. The highest BCUT2D eigenvalue weighted by atomic mass is 16.2. The molecule has 2 aromatic carbocycles. The van der Waals surface area contributed by atoms with Crippen LogP contribution in [0.2, 0.25) is 0 Å². The zero-order valence-corrected chi connectivity index (χ0v) is 18.5. The molecule has 5 rings (SSSR count). The zero-order valence-electron chi connectivity index (χ0n) is 18.5. The van der Waals surface area contributed by atoms with Gasteiger partial charge in [0, 0.05) is 23.5 Å². The van der Waals surface area contributed by atoms with Gasteiger partial charge in [0.1, 0.15) is 11.6 Å². The van der Waals surface area contributed by atoms with Crippen molar-refractivity contribution in [3.05, 3.63) is 59.7 Å². The van der Waals surface area contributed by atoms with Gasteiger partial charge in [-0.25, -0.2) is 9.69 Å². The van der Waals surface area contributed by atoms with Crippen LogP contribution in [-0.4, -0.2) is 46.8 Å². The van der Waals surface area contributed by atoms with E-state index in [4.69, 9.17) is 0 Å². The van der Waals surface area contributed by atoms with Crippen LogP contribution in [0.4, 0.5) is 16.2 Å². The largest absolute Gasteiger partial charge is 0.325 e. The first kappa shape index (κ1) is 21.2. The van der Waals surface area contributed by atoms with Gasteiger partial charge in [0.25, 0.3) is 11.8 Å². The summed E-state index contributed by atoms with van der Waals surface area (Å²) in [4.78, 5) is 53.9. The SMILES string of the molecule is CC(C(=O)Nc1ccc(C(=O)N2CCc3ccccc32)cc1)N1C(=O)NC2(CCCC2)C1=O. The van der Waals surface area contributed by atoms with E-state index in [1.165, 1.54) is 0 Å². The molecule has 0 bridgehead atoms. The Balaban J connectivity index is 1.25. The molecular weight excluding hydrogens is 420 g/mol. The number of carbonyl (C=O) groups excluding carboxylic acids is 4. The van der Waals surface area contributed by atoms with Crippen LogP contribution in [0.5, 0.6) is 0 Å². The van der Waals surface area contributed by atoms with Crippen molar-refractivity contribution in [2.45, 2.75) is 50.6 Å². The van der Waals surface area contributed by atoms with Gasteiger partial charge in [0.05, 0.1) is 0 Å². The molecule has 2 fully saturated rings. The quantitative estimate of drug-likeness (QED) is 0.705.